The molecule has 1 aliphatic heterocycles. The second kappa shape index (κ2) is 14.9. The van der Waals surface area contributed by atoms with Gasteiger partial charge in [0.05, 0.1) is 9.79 Å². The van der Waals surface area contributed by atoms with Crippen molar-refractivity contribution in [1.29, 1.82) is 0 Å². The van der Waals surface area contributed by atoms with Gasteiger partial charge in [-0.3, -0.25) is 0 Å². The van der Waals surface area contributed by atoms with E-state index in [-0.39, 0.29) is 5.41 Å². The molecule has 0 amide bonds. The molecule has 2 heterocycles. The Hall–Kier alpha value is -6.27. The number of thiophene rings is 1. The maximum Gasteiger partial charge on any atom is 0.207 e. The molecule has 0 N–H and O–H groups in total. The highest BCUT2D eigenvalue weighted by molar-refractivity contribution is 7.91. The first-order valence-electron chi connectivity index (χ1n) is 22.4. The third-order valence-corrected chi connectivity index (χ3v) is 17.6. The van der Waals surface area contributed by atoms with Gasteiger partial charge in [0, 0.05) is 42.6 Å². The summed E-state index contributed by atoms with van der Waals surface area (Å²) in [7, 11) is -3.81. The first-order chi connectivity index (χ1) is 30.9. The fraction of sp³-hybridized carbons (Fsp3) is 0.172. The fourth-order valence-electron chi connectivity index (χ4n) is 12.1. The number of fused-ring (bicyclic) bond motifs is 5. The lowest BCUT2D eigenvalue weighted by Gasteiger charge is -2.57. The SMILES string of the molecule is CC1C[C@H]2CCC[C@H](C1)C21c2ccccc2S(=O)(=O)c2cc(N(c3ccc(-c4ccccc4)cc3)c3ccc(-c4ccccc4-c4cccc5sc6ccccc6c45)cc3)ccc21. The highest BCUT2D eigenvalue weighted by Crippen LogP contribution is 2.63. The highest BCUT2D eigenvalue weighted by Gasteiger charge is 2.58. The van der Waals surface area contributed by atoms with Crippen LogP contribution in [0.3, 0.4) is 0 Å². The Morgan fingerprint density at radius 2 is 1.08 bits per heavy atom. The van der Waals surface area contributed by atoms with Crippen molar-refractivity contribution in [3.8, 4) is 33.4 Å². The van der Waals surface area contributed by atoms with Crippen molar-refractivity contribution < 1.29 is 8.42 Å². The number of benzene rings is 8. The molecular weight excluding hydrogens is 807 g/mol. The van der Waals surface area contributed by atoms with E-state index in [2.05, 4.69) is 176 Å². The van der Waals surface area contributed by atoms with Crippen LogP contribution in [0.4, 0.5) is 17.1 Å². The van der Waals surface area contributed by atoms with Crippen molar-refractivity contribution >= 4 is 58.4 Å². The topological polar surface area (TPSA) is 37.4 Å². The molecule has 9 aromatic rings. The molecule has 2 fully saturated rings. The maximum absolute atomic E-state index is 15.0. The van der Waals surface area contributed by atoms with E-state index in [1.807, 2.05) is 35.6 Å². The summed E-state index contributed by atoms with van der Waals surface area (Å²) in [6, 6.07) is 66.4. The molecule has 2 bridgehead atoms. The van der Waals surface area contributed by atoms with Crippen molar-refractivity contribution in [3.63, 3.8) is 0 Å². The Morgan fingerprint density at radius 3 is 1.84 bits per heavy atom. The van der Waals surface area contributed by atoms with Gasteiger partial charge in [0.2, 0.25) is 9.84 Å². The van der Waals surface area contributed by atoms with Gasteiger partial charge in [-0.2, -0.15) is 0 Å². The molecule has 12 rings (SSSR count). The molecule has 2 atom stereocenters. The third-order valence-electron chi connectivity index (χ3n) is 14.6. The summed E-state index contributed by atoms with van der Waals surface area (Å²) in [6.45, 7) is 2.39. The van der Waals surface area contributed by atoms with Gasteiger partial charge in [-0.1, -0.05) is 147 Å². The number of rotatable bonds is 6. The largest absolute Gasteiger partial charge is 0.310 e. The van der Waals surface area contributed by atoms with E-state index in [1.54, 1.807) is 0 Å². The molecule has 2 aliphatic carbocycles. The van der Waals surface area contributed by atoms with Crippen LogP contribution in [0.15, 0.2) is 198 Å². The molecule has 3 aliphatic rings. The quantitative estimate of drug-likeness (QED) is 0.167. The normalized spacial score (nSPS) is 20.9. The zero-order valence-corrected chi connectivity index (χ0v) is 36.9. The summed E-state index contributed by atoms with van der Waals surface area (Å²) in [5.41, 5.74) is 11.5. The van der Waals surface area contributed by atoms with Crippen LogP contribution in [0, 0.1) is 17.8 Å². The van der Waals surface area contributed by atoms with Crippen LogP contribution in [-0.2, 0) is 15.3 Å². The van der Waals surface area contributed by atoms with Gasteiger partial charge in [-0.25, -0.2) is 8.42 Å². The van der Waals surface area contributed by atoms with Crippen molar-refractivity contribution in [3.05, 3.63) is 199 Å². The molecule has 0 unspecified atom stereocenters. The zero-order valence-electron chi connectivity index (χ0n) is 35.2. The Morgan fingerprint density at radius 1 is 0.508 bits per heavy atom. The molecule has 0 saturated heterocycles. The Balaban J connectivity index is 1.01. The van der Waals surface area contributed by atoms with Gasteiger partial charge in [0.1, 0.15) is 0 Å². The van der Waals surface area contributed by atoms with E-state index in [4.69, 9.17) is 0 Å². The summed E-state index contributed by atoms with van der Waals surface area (Å²) in [5, 5.41) is 2.58. The molecule has 1 spiro atoms. The predicted molar refractivity (Wildman–Crippen MR) is 262 cm³/mol. The standard InChI is InChI=1S/C58H47NO2S2/c1-38-35-42-15-11-16-43(36-38)58(42)51-21-8-10-24-55(51)63(60,61)56-37-46(33-34-52(56)58)59(44-29-25-40(26-30-44)39-13-3-2-4-14-39)45-31-27-41(28-32-45)47-17-5-6-18-48(47)49-20-12-23-54-57(49)50-19-7-9-22-53(50)62-54/h2-10,12-14,17-34,37-38,42-43H,11,15-16,35-36H2,1H3/t38?,42-,43-,58?/m1/s1. The van der Waals surface area contributed by atoms with Crippen molar-refractivity contribution in [2.75, 3.05) is 4.90 Å². The average Bonchev–Trinajstić information content (AvgIpc) is 3.71. The summed E-state index contributed by atoms with van der Waals surface area (Å²) in [5.74, 6) is 1.44. The Kier molecular flexibility index (Phi) is 9.10. The van der Waals surface area contributed by atoms with Crippen LogP contribution < -0.4 is 4.90 Å². The lowest BCUT2D eigenvalue weighted by atomic mass is 9.48. The smallest absolute Gasteiger partial charge is 0.207 e. The fourth-order valence-corrected chi connectivity index (χ4v) is 15.1. The number of nitrogens with zero attached hydrogens (tertiary/aromatic N) is 1. The summed E-state index contributed by atoms with van der Waals surface area (Å²) in [4.78, 5) is 3.20. The van der Waals surface area contributed by atoms with E-state index in [0.29, 0.717) is 27.5 Å². The van der Waals surface area contributed by atoms with Gasteiger partial charge in [0.25, 0.3) is 0 Å². The van der Waals surface area contributed by atoms with Gasteiger partial charge in [-0.05, 0) is 143 Å². The Labute approximate surface area is 374 Å². The molecule has 3 nitrogen and oxygen atoms in total. The van der Waals surface area contributed by atoms with E-state index in [0.717, 1.165) is 70.6 Å². The molecule has 8 aromatic carbocycles. The van der Waals surface area contributed by atoms with Crippen LogP contribution in [0.25, 0.3) is 53.6 Å². The van der Waals surface area contributed by atoms with Crippen molar-refractivity contribution in [1.82, 2.24) is 0 Å². The van der Waals surface area contributed by atoms with Gasteiger partial charge in [0.15, 0.2) is 0 Å². The number of sulfone groups is 1. The summed E-state index contributed by atoms with van der Waals surface area (Å²) in [6.07, 6.45) is 5.72. The van der Waals surface area contributed by atoms with Crippen LogP contribution in [0.5, 0.6) is 0 Å². The molecular formula is C58H47NO2S2. The minimum absolute atomic E-state index is 0.308. The van der Waals surface area contributed by atoms with E-state index in [9.17, 15) is 0 Å². The molecule has 2 saturated carbocycles. The van der Waals surface area contributed by atoms with Gasteiger partial charge < -0.3 is 4.90 Å². The lowest BCUT2D eigenvalue weighted by Crippen LogP contribution is -2.53. The molecule has 63 heavy (non-hydrogen) atoms. The zero-order chi connectivity index (χ0) is 42.3. The monoisotopic (exact) mass is 853 g/mol. The molecule has 0 radical (unpaired) electrons. The van der Waals surface area contributed by atoms with Gasteiger partial charge >= 0.3 is 0 Å². The van der Waals surface area contributed by atoms with E-state index < -0.39 is 9.84 Å². The van der Waals surface area contributed by atoms with E-state index >= 15 is 8.42 Å². The van der Waals surface area contributed by atoms with Crippen LogP contribution >= 0.6 is 11.3 Å². The predicted octanol–water partition coefficient (Wildman–Crippen LogP) is 15.8. The third kappa shape index (κ3) is 6.00. The van der Waals surface area contributed by atoms with Crippen molar-refractivity contribution in [2.24, 2.45) is 17.8 Å². The first kappa shape index (κ1) is 38.4. The number of hydrogen-bond donors (Lipinski definition) is 0. The maximum atomic E-state index is 15.0. The second-order valence-electron chi connectivity index (χ2n) is 18.1. The minimum Gasteiger partial charge on any atom is -0.310 e. The van der Waals surface area contributed by atoms with Crippen LogP contribution in [0.2, 0.25) is 0 Å². The highest BCUT2D eigenvalue weighted by atomic mass is 32.2. The van der Waals surface area contributed by atoms with Crippen molar-refractivity contribution in [2.45, 2.75) is 54.2 Å². The molecule has 5 heteroatoms. The Bertz CT molecular complexity index is 3300. The number of anilines is 3. The first-order valence-corrected chi connectivity index (χ1v) is 24.7. The lowest BCUT2D eigenvalue weighted by molar-refractivity contribution is 0.0488. The summed E-state index contributed by atoms with van der Waals surface area (Å²) < 4.78 is 32.6. The van der Waals surface area contributed by atoms with Gasteiger partial charge in [-0.15, -0.1) is 11.3 Å². The summed E-state index contributed by atoms with van der Waals surface area (Å²) >= 11 is 1.84. The number of hydrogen-bond acceptors (Lipinski definition) is 4. The average molecular weight is 854 g/mol. The van der Waals surface area contributed by atoms with E-state index in [1.165, 1.54) is 43.3 Å². The van der Waals surface area contributed by atoms with Crippen LogP contribution in [-0.4, -0.2) is 8.42 Å². The molecule has 308 valence electrons. The second-order valence-corrected chi connectivity index (χ2v) is 21.0. The minimum atomic E-state index is -3.81. The molecule has 1 aromatic heterocycles. The van der Waals surface area contributed by atoms with Crippen LogP contribution in [0.1, 0.15) is 50.2 Å².